The van der Waals surface area contributed by atoms with Crippen molar-refractivity contribution in [1.29, 1.82) is 0 Å². The van der Waals surface area contributed by atoms with Crippen molar-refractivity contribution in [2.45, 2.75) is 26.6 Å². The molecular weight excluding hydrogens is 269 g/mol. The van der Waals surface area contributed by atoms with E-state index in [4.69, 9.17) is 5.73 Å². The summed E-state index contributed by atoms with van der Waals surface area (Å²) >= 11 is 0. The Labute approximate surface area is 114 Å². The number of alkyl halides is 3. The van der Waals surface area contributed by atoms with Crippen molar-refractivity contribution < 1.29 is 13.2 Å². The molecule has 2 N–H and O–H groups in total. The van der Waals surface area contributed by atoms with E-state index >= 15 is 0 Å². The van der Waals surface area contributed by atoms with Gasteiger partial charge >= 0.3 is 6.18 Å². The molecule has 0 fully saturated rings. The van der Waals surface area contributed by atoms with E-state index in [1.165, 1.54) is 12.4 Å². The molecule has 20 heavy (non-hydrogen) atoms. The van der Waals surface area contributed by atoms with Gasteiger partial charge in [0.25, 0.3) is 0 Å². The van der Waals surface area contributed by atoms with Gasteiger partial charge in [0.05, 0.1) is 11.4 Å². The Hall–Kier alpha value is -2.02. The summed E-state index contributed by atoms with van der Waals surface area (Å²) in [4.78, 5) is 11.2. The van der Waals surface area contributed by atoms with E-state index in [0.29, 0.717) is 17.0 Å². The van der Waals surface area contributed by atoms with Crippen molar-refractivity contribution >= 4 is 0 Å². The van der Waals surface area contributed by atoms with Crippen LogP contribution in [0.1, 0.15) is 25.2 Å². The van der Waals surface area contributed by atoms with Gasteiger partial charge in [-0.15, -0.1) is 0 Å². The van der Waals surface area contributed by atoms with E-state index in [0.717, 1.165) is 12.3 Å². The maximum absolute atomic E-state index is 12.3. The van der Waals surface area contributed by atoms with Crippen molar-refractivity contribution in [3.8, 4) is 11.3 Å². The van der Waals surface area contributed by atoms with Crippen LogP contribution < -0.4 is 5.73 Å². The monoisotopic (exact) mass is 284 g/mol. The summed E-state index contributed by atoms with van der Waals surface area (Å²) in [5.74, 6) is 0. The summed E-state index contributed by atoms with van der Waals surface area (Å²) in [6, 6.07) is 3.85. The van der Waals surface area contributed by atoms with Crippen LogP contribution in [-0.4, -0.2) is 15.0 Å². The summed E-state index contributed by atoms with van der Waals surface area (Å²) in [5.41, 5.74) is 6.08. The molecule has 0 spiro atoms. The van der Waals surface area contributed by atoms with E-state index in [2.05, 4.69) is 15.0 Å². The second kappa shape index (κ2) is 6.95. The maximum atomic E-state index is 12.3. The van der Waals surface area contributed by atoms with Crippen molar-refractivity contribution in [2.24, 2.45) is 5.73 Å². The SMILES string of the molecule is CC.NCc1cc(-c2ccc(C(F)(F)F)nc2)ncn1. The minimum atomic E-state index is -4.44. The van der Waals surface area contributed by atoms with Crippen LogP contribution >= 0.6 is 0 Å². The van der Waals surface area contributed by atoms with E-state index in [1.54, 1.807) is 6.07 Å². The minimum absolute atomic E-state index is 0.240. The van der Waals surface area contributed by atoms with Gasteiger partial charge in [-0.2, -0.15) is 13.2 Å². The molecule has 0 saturated heterocycles. The molecule has 0 aliphatic carbocycles. The summed E-state index contributed by atoms with van der Waals surface area (Å²) < 4.78 is 37.0. The number of pyridine rings is 1. The molecule has 4 nitrogen and oxygen atoms in total. The van der Waals surface area contributed by atoms with Crippen LogP contribution in [0.2, 0.25) is 0 Å². The lowest BCUT2D eigenvalue weighted by atomic mass is 10.1. The Bertz CT molecular complexity index is 538. The van der Waals surface area contributed by atoms with Crippen LogP contribution in [0.25, 0.3) is 11.3 Å². The standard InChI is InChI=1S/C11H9F3N4.C2H6/c12-11(13,14)10-2-1-7(5-16-10)9-3-8(4-15)17-6-18-9;1-2/h1-3,5-6H,4,15H2;1-2H3. The number of nitrogens with two attached hydrogens (primary N) is 1. The highest BCUT2D eigenvalue weighted by Crippen LogP contribution is 2.28. The third-order valence-corrected chi connectivity index (χ3v) is 2.28. The van der Waals surface area contributed by atoms with Gasteiger partial charge in [-0.05, 0) is 18.2 Å². The first-order chi connectivity index (χ1) is 9.50. The smallest absolute Gasteiger partial charge is 0.325 e. The average Bonchev–Trinajstić information content (AvgIpc) is 2.48. The third kappa shape index (κ3) is 3.99. The molecule has 2 aromatic heterocycles. The summed E-state index contributed by atoms with van der Waals surface area (Å²) in [6.07, 6.45) is -1.99. The largest absolute Gasteiger partial charge is 0.433 e. The second-order valence-corrected chi connectivity index (χ2v) is 3.53. The van der Waals surface area contributed by atoms with Crippen LogP contribution in [0.4, 0.5) is 13.2 Å². The van der Waals surface area contributed by atoms with Crippen molar-refractivity contribution in [3.05, 3.63) is 42.1 Å². The quantitative estimate of drug-likeness (QED) is 0.920. The molecule has 0 atom stereocenters. The second-order valence-electron chi connectivity index (χ2n) is 3.53. The molecule has 7 heteroatoms. The van der Waals surface area contributed by atoms with E-state index in [1.807, 2.05) is 13.8 Å². The molecule has 2 rings (SSSR count). The number of nitrogens with zero attached hydrogens (tertiary/aromatic N) is 3. The Morgan fingerprint density at radius 2 is 1.80 bits per heavy atom. The van der Waals surface area contributed by atoms with Gasteiger partial charge < -0.3 is 5.73 Å². The molecule has 2 aromatic rings. The number of rotatable bonds is 2. The lowest BCUT2D eigenvalue weighted by Gasteiger charge is -2.06. The number of halogens is 3. The maximum Gasteiger partial charge on any atom is 0.433 e. The number of hydrogen-bond acceptors (Lipinski definition) is 4. The Balaban J connectivity index is 0.000000956. The highest BCUT2D eigenvalue weighted by Gasteiger charge is 2.32. The molecular formula is C13H15F3N4. The van der Waals surface area contributed by atoms with Gasteiger partial charge in [0.2, 0.25) is 0 Å². The van der Waals surface area contributed by atoms with Gasteiger partial charge in [-0.1, -0.05) is 13.8 Å². The molecule has 0 radical (unpaired) electrons. The van der Waals surface area contributed by atoms with Crippen LogP contribution in [0.3, 0.4) is 0 Å². The molecule has 2 heterocycles. The molecule has 0 bridgehead atoms. The van der Waals surface area contributed by atoms with E-state index < -0.39 is 11.9 Å². The molecule has 0 saturated carbocycles. The molecule has 0 amide bonds. The average molecular weight is 284 g/mol. The molecule has 0 unspecified atom stereocenters. The van der Waals surface area contributed by atoms with Crippen molar-refractivity contribution in [2.75, 3.05) is 0 Å². The first-order valence-corrected chi connectivity index (χ1v) is 6.05. The van der Waals surface area contributed by atoms with E-state index in [-0.39, 0.29) is 6.54 Å². The summed E-state index contributed by atoms with van der Waals surface area (Å²) in [7, 11) is 0. The fraction of sp³-hybridized carbons (Fsp3) is 0.308. The summed E-state index contributed by atoms with van der Waals surface area (Å²) in [5, 5.41) is 0. The van der Waals surface area contributed by atoms with Crippen LogP contribution in [0.15, 0.2) is 30.7 Å². The fourth-order valence-corrected chi connectivity index (χ4v) is 1.38. The topological polar surface area (TPSA) is 64.7 Å². The fourth-order valence-electron chi connectivity index (χ4n) is 1.38. The van der Waals surface area contributed by atoms with Gasteiger partial charge in [-0.3, -0.25) is 4.98 Å². The molecule has 0 aromatic carbocycles. The van der Waals surface area contributed by atoms with Gasteiger partial charge in [0.1, 0.15) is 12.0 Å². The first kappa shape index (κ1) is 16.0. The third-order valence-electron chi connectivity index (χ3n) is 2.28. The normalized spacial score (nSPS) is 10.7. The van der Waals surface area contributed by atoms with Gasteiger partial charge in [0.15, 0.2) is 0 Å². The lowest BCUT2D eigenvalue weighted by Crippen LogP contribution is -2.07. The van der Waals surface area contributed by atoms with Crippen molar-refractivity contribution in [3.63, 3.8) is 0 Å². The van der Waals surface area contributed by atoms with Crippen LogP contribution in [0.5, 0.6) is 0 Å². The predicted octanol–water partition coefficient (Wildman–Crippen LogP) is 3.04. The highest BCUT2D eigenvalue weighted by atomic mass is 19.4. The van der Waals surface area contributed by atoms with E-state index in [9.17, 15) is 13.2 Å². The zero-order valence-corrected chi connectivity index (χ0v) is 11.1. The lowest BCUT2D eigenvalue weighted by molar-refractivity contribution is -0.141. The Kier molecular flexibility index (Phi) is 5.57. The Morgan fingerprint density at radius 1 is 1.10 bits per heavy atom. The van der Waals surface area contributed by atoms with Crippen LogP contribution in [0, 0.1) is 0 Å². The highest BCUT2D eigenvalue weighted by molar-refractivity contribution is 5.57. The van der Waals surface area contributed by atoms with Gasteiger partial charge in [-0.25, -0.2) is 9.97 Å². The number of hydrogen-bond donors (Lipinski definition) is 1. The zero-order valence-electron chi connectivity index (χ0n) is 11.1. The molecule has 0 aliphatic rings. The number of aromatic nitrogens is 3. The molecule has 108 valence electrons. The minimum Gasteiger partial charge on any atom is -0.325 e. The molecule has 0 aliphatic heterocycles. The predicted molar refractivity (Wildman–Crippen MR) is 69.5 cm³/mol. The zero-order chi connectivity index (χ0) is 15.2. The van der Waals surface area contributed by atoms with Crippen molar-refractivity contribution in [1.82, 2.24) is 15.0 Å². The van der Waals surface area contributed by atoms with Crippen LogP contribution in [-0.2, 0) is 12.7 Å². The Morgan fingerprint density at radius 3 is 2.30 bits per heavy atom. The summed E-state index contributed by atoms with van der Waals surface area (Å²) in [6.45, 7) is 4.24. The first-order valence-electron chi connectivity index (χ1n) is 6.05. The van der Waals surface area contributed by atoms with Gasteiger partial charge in [0, 0.05) is 18.3 Å².